The lowest BCUT2D eigenvalue weighted by Crippen LogP contribution is -2.47. The van der Waals surface area contributed by atoms with Crippen LogP contribution in [0.2, 0.25) is 0 Å². The van der Waals surface area contributed by atoms with Crippen LogP contribution in [0.1, 0.15) is 24.0 Å². The topological polar surface area (TPSA) is 93.4 Å². The summed E-state index contributed by atoms with van der Waals surface area (Å²) in [7, 11) is -1.87. The van der Waals surface area contributed by atoms with E-state index < -0.39 is 10.0 Å². The van der Waals surface area contributed by atoms with Crippen molar-refractivity contribution < 1.29 is 13.2 Å². The van der Waals surface area contributed by atoms with E-state index in [9.17, 15) is 8.42 Å². The number of hydrogen-bond acceptors (Lipinski definition) is 5. The minimum Gasteiger partial charge on any atom is -0.381 e. The molecule has 0 radical (unpaired) electrons. The molecule has 20 heavy (non-hydrogen) atoms. The van der Waals surface area contributed by atoms with Gasteiger partial charge in [-0.2, -0.15) is 0 Å². The van der Waals surface area contributed by atoms with Crippen molar-refractivity contribution in [3.8, 4) is 0 Å². The Bertz CT molecular complexity index is 572. The molecule has 0 amide bonds. The largest absolute Gasteiger partial charge is 0.381 e. The molecule has 4 N–H and O–H groups in total. The fourth-order valence-electron chi connectivity index (χ4n) is 2.59. The Hall–Kier alpha value is -1.15. The Morgan fingerprint density at radius 2 is 1.80 bits per heavy atom. The van der Waals surface area contributed by atoms with E-state index in [-0.39, 0.29) is 12.1 Å². The molecule has 0 aromatic heterocycles. The van der Waals surface area contributed by atoms with Gasteiger partial charge in [-0.15, -0.1) is 0 Å². The maximum Gasteiger partial charge on any atom is 0.241 e. The van der Waals surface area contributed by atoms with E-state index in [0.29, 0.717) is 21.7 Å². The van der Waals surface area contributed by atoms with E-state index in [1.165, 1.54) is 0 Å². The molecule has 1 aromatic carbocycles. The number of nitrogens with two attached hydrogens (primary N) is 1. The van der Waals surface area contributed by atoms with Crippen molar-refractivity contribution in [1.82, 2.24) is 4.72 Å². The van der Waals surface area contributed by atoms with Crippen molar-refractivity contribution in [3.63, 3.8) is 0 Å². The molecule has 0 bridgehead atoms. The maximum atomic E-state index is 12.5. The average Bonchev–Trinajstić information content (AvgIpc) is 2.31. The minimum atomic E-state index is -3.51. The number of ether oxygens (including phenoxy) is 1. The van der Waals surface area contributed by atoms with Crippen molar-refractivity contribution in [2.75, 3.05) is 12.5 Å². The van der Waals surface area contributed by atoms with Gasteiger partial charge in [0.15, 0.2) is 0 Å². The number of hydrogen-bond donors (Lipinski definition) is 3. The standard InChI is InChI=1S/C13H21N3O3S/c1-8-4-10(15-14)5-9(2)13(8)20(17,18)16-11-6-12(7-11)19-3/h4-5,11-12,15-16H,6-7,14H2,1-3H3. The van der Waals surface area contributed by atoms with Crippen LogP contribution in [0.4, 0.5) is 5.69 Å². The highest BCUT2D eigenvalue weighted by Gasteiger charge is 2.33. The van der Waals surface area contributed by atoms with Gasteiger partial charge in [-0.3, -0.25) is 5.84 Å². The number of aryl methyl sites for hydroxylation is 2. The Balaban J connectivity index is 2.22. The Kier molecular flexibility index (Phi) is 4.33. The van der Waals surface area contributed by atoms with Crippen molar-refractivity contribution in [1.29, 1.82) is 0 Å². The highest BCUT2D eigenvalue weighted by atomic mass is 32.2. The maximum absolute atomic E-state index is 12.5. The van der Waals surface area contributed by atoms with Gasteiger partial charge in [0.25, 0.3) is 0 Å². The van der Waals surface area contributed by atoms with Crippen molar-refractivity contribution >= 4 is 15.7 Å². The normalized spacial score (nSPS) is 22.4. The number of anilines is 1. The first kappa shape index (κ1) is 15.2. The molecule has 0 spiro atoms. The number of nitrogens with one attached hydrogen (secondary N) is 2. The van der Waals surface area contributed by atoms with Crippen LogP contribution in [0.15, 0.2) is 17.0 Å². The molecule has 6 nitrogen and oxygen atoms in total. The SMILES string of the molecule is COC1CC(NS(=O)(=O)c2c(C)cc(NN)cc2C)C1. The van der Waals surface area contributed by atoms with E-state index in [1.807, 2.05) is 0 Å². The van der Waals surface area contributed by atoms with E-state index >= 15 is 0 Å². The molecule has 1 saturated carbocycles. The summed E-state index contributed by atoms with van der Waals surface area (Å²) in [5.41, 5.74) is 4.58. The van der Waals surface area contributed by atoms with Crippen LogP contribution in [0.25, 0.3) is 0 Å². The van der Waals surface area contributed by atoms with Gasteiger partial charge in [0.1, 0.15) is 0 Å². The van der Waals surface area contributed by atoms with E-state index in [1.54, 1.807) is 33.1 Å². The lowest BCUT2D eigenvalue weighted by atomic mass is 9.90. The molecular formula is C13H21N3O3S. The minimum absolute atomic E-state index is 0.0453. The summed E-state index contributed by atoms with van der Waals surface area (Å²) in [5, 5.41) is 0. The highest BCUT2D eigenvalue weighted by molar-refractivity contribution is 7.89. The van der Waals surface area contributed by atoms with Crippen LogP contribution in [-0.4, -0.2) is 27.7 Å². The zero-order valence-electron chi connectivity index (χ0n) is 11.9. The summed E-state index contributed by atoms with van der Waals surface area (Å²) in [4.78, 5) is 0.331. The van der Waals surface area contributed by atoms with Crippen LogP contribution in [0.3, 0.4) is 0 Å². The smallest absolute Gasteiger partial charge is 0.241 e. The Labute approximate surface area is 119 Å². The van der Waals surface area contributed by atoms with E-state index in [2.05, 4.69) is 10.1 Å². The summed E-state index contributed by atoms with van der Waals surface area (Å²) in [5.74, 6) is 5.36. The summed E-state index contributed by atoms with van der Waals surface area (Å²) in [6, 6.07) is 3.40. The molecule has 0 unspecified atom stereocenters. The highest BCUT2D eigenvalue weighted by Crippen LogP contribution is 2.28. The summed E-state index contributed by atoms with van der Waals surface area (Å²) in [6.45, 7) is 3.53. The molecule has 1 fully saturated rings. The molecule has 0 aliphatic heterocycles. The molecule has 1 aromatic rings. The van der Waals surface area contributed by atoms with E-state index in [0.717, 1.165) is 12.8 Å². The van der Waals surface area contributed by atoms with Gasteiger partial charge >= 0.3 is 0 Å². The van der Waals surface area contributed by atoms with Gasteiger partial charge in [0.2, 0.25) is 10.0 Å². The fraction of sp³-hybridized carbons (Fsp3) is 0.538. The van der Waals surface area contributed by atoms with Gasteiger partial charge in [-0.05, 0) is 49.9 Å². The first-order valence-corrected chi connectivity index (χ1v) is 7.98. The summed E-state index contributed by atoms with van der Waals surface area (Å²) < 4.78 is 32.8. The number of benzene rings is 1. The second-order valence-corrected chi connectivity index (χ2v) is 6.88. The second kappa shape index (κ2) is 5.69. The van der Waals surface area contributed by atoms with Crippen molar-refractivity contribution in [3.05, 3.63) is 23.3 Å². The second-order valence-electron chi connectivity index (χ2n) is 5.23. The van der Waals surface area contributed by atoms with Crippen LogP contribution in [-0.2, 0) is 14.8 Å². The third kappa shape index (κ3) is 2.95. The average molecular weight is 299 g/mol. The van der Waals surface area contributed by atoms with Gasteiger partial charge in [0, 0.05) is 18.8 Å². The molecule has 0 heterocycles. The molecule has 7 heteroatoms. The number of sulfonamides is 1. The Morgan fingerprint density at radius 3 is 2.25 bits per heavy atom. The van der Waals surface area contributed by atoms with Crippen LogP contribution in [0.5, 0.6) is 0 Å². The quantitative estimate of drug-likeness (QED) is 0.558. The van der Waals surface area contributed by atoms with Gasteiger partial charge in [0.05, 0.1) is 11.0 Å². The predicted octanol–water partition coefficient (Wildman–Crippen LogP) is 1.04. The van der Waals surface area contributed by atoms with Crippen molar-refractivity contribution in [2.24, 2.45) is 5.84 Å². The number of methoxy groups -OCH3 is 1. The molecule has 1 aliphatic rings. The third-order valence-corrected chi connectivity index (χ3v) is 5.47. The zero-order chi connectivity index (χ0) is 14.9. The lowest BCUT2D eigenvalue weighted by Gasteiger charge is -2.34. The summed E-state index contributed by atoms with van der Waals surface area (Å²) >= 11 is 0. The van der Waals surface area contributed by atoms with Gasteiger partial charge < -0.3 is 10.2 Å². The van der Waals surface area contributed by atoms with E-state index in [4.69, 9.17) is 10.6 Å². The molecule has 2 rings (SSSR count). The number of hydrazine groups is 1. The number of nitrogen functional groups attached to an aromatic ring is 1. The first-order chi connectivity index (χ1) is 9.37. The molecule has 0 atom stereocenters. The van der Waals surface area contributed by atoms with Gasteiger partial charge in [-0.25, -0.2) is 13.1 Å². The predicted molar refractivity (Wildman–Crippen MR) is 77.9 cm³/mol. The summed E-state index contributed by atoms with van der Waals surface area (Å²) in [6.07, 6.45) is 1.60. The molecule has 112 valence electrons. The van der Waals surface area contributed by atoms with Crippen LogP contribution in [0, 0.1) is 13.8 Å². The fourth-order valence-corrected chi connectivity index (χ4v) is 4.30. The van der Waals surface area contributed by atoms with Gasteiger partial charge in [-0.1, -0.05) is 0 Å². The number of rotatable bonds is 5. The van der Waals surface area contributed by atoms with Crippen LogP contribution < -0.4 is 16.0 Å². The van der Waals surface area contributed by atoms with Crippen molar-refractivity contribution in [2.45, 2.75) is 43.7 Å². The molecule has 1 aliphatic carbocycles. The monoisotopic (exact) mass is 299 g/mol. The lowest BCUT2D eigenvalue weighted by molar-refractivity contribution is 0.0236. The molecule has 0 saturated heterocycles. The third-order valence-electron chi connectivity index (χ3n) is 3.65. The Morgan fingerprint density at radius 1 is 1.25 bits per heavy atom. The molecular weight excluding hydrogens is 278 g/mol. The zero-order valence-corrected chi connectivity index (χ0v) is 12.8. The van der Waals surface area contributed by atoms with Crippen LogP contribution >= 0.6 is 0 Å². The first-order valence-electron chi connectivity index (χ1n) is 6.50.